The zero-order chi connectivity index (χ0) is 17.5. The highest BCUT2D eigenvalue weighted by atomic mass is 16.5. The van der Waals surface area contributed by atoms with Crippen LogP contribution in [0.25, 0.3) is 0 Å². The van der Waals surface area contributed by atoms with Gasteiger partial charge in [-0.25, -0.2) is 0 Å². The van der Waals surface area contributed by atoms with Crippen LogP contribution in [0, 0.1) is 11.8 Å². The number of rotatable bonds is 9. The molecule has 2 heterocycles. The second-order valence-electron chi connectivity index (χ2n) is 6.93. The quantitative estimate of drug-likeness (QED) is 0.642. The molecular formula is C20H29N3O2. The van der Waals surface area contributed by atoms with Crippen LogP contribution in [0.2, 0.25) is 0 Å². The maximum absolute atomic E-state index is 6.13. The molecular weight excluding hydrogens is 314 g/mol. The van der Waals surface area contributed by atoms with E-state index in [1.165, 1.54) is 25.9 Å². The molecule has 1 aromatic heterocycles. The van der Waals surface area contributed by atoms with Crippen LogP contribution in [0.3, 0.4) is 0 Å². The van der Waals surface area contributed by atoms with Crippen LogP contribution in [-0.2, 0) is 0 Å². The van der Waals surface area contributed by atoms with E-state index in [0.29, 0.717) is 18.4 Å². The van der Waals surface area contributed by atoms with Gasteiger partial charge >= 0.3 is 0 Å². The van der Waals surface area contributed by atoms with Crippen molar-refractivity contribution in [3.8, 4) is 11.8 Å². The lowest BCUT2D eigenvalue weighted by atomic mass is 9.86. The average molecular weight is 343 g/mol. The largest absolute Gasteiger partial charge is 0.477 e. The fourth-order valence-electron chi connectivity index (χ4n) is 3.81. The van der Waals surface area contributed by atoms with Gasteiger partial charge in [0, 0.05) is 31.8 Å². The van der Waals surface area contributed by atoms with Crippen molar-refractivity contribution in [2.24, 2.45) is 11.8 Å². The molecule has 0 N–H and O–H groups in total. The van der Waals surface area contributed by atoms with Gasteiger partial charge in [-0.05, 0) is 44.4 Å². The zero-order valence-electron chi connectivity index (χ0n) is 15.1. The number of aromatic nitrogens is 2. The molecule has 3 rings (SSSR count). The molecule has 25 heavy (non-hydrogen) atoms. The molecule has 0 spiro atoms. The van der Waals surface area contributed by atoms with Crippen molar-refractivity contribution in [2.75, 3.05) is 26.2 Å². The molecule has 5 heteroatoms. The number of likely N-dealkylation sites (tertiary alicyclic amines) is 1. The normalized spacial score (nSPS) is 23.9. The molecule has 1 fully saturated rings. The minimum atomic E-state index is 0.110. The first-order valence-electron chi connectivity index (χ1n) is 9.40. The topological polar surface area (TPSA) is 47.5 Å². The number of ether oxygens (including phenoxy) is 2. The van der Waals surface area contributed by atoms with Gasteiger partial charge in [0.2, 0.25) is 11.8 Å². The van der Waals surface area contributed by atoms with Gasteiger partial charge in [-0.2, -0.15) is 0 Å². The number of hydrogen-bond donors (Lipinski definition) is 0. The fraction of sp³-hybridized carbons (Fsp3) is 0.600. The van der Waals surface area contributed by atoms with E-state index in [9.17, 15) is 0 Å². The van der Waals surface area contributed by atoms with Crippen LogP contribution >= 0.6 is 0 Å². The van der Waals surface area contributed by atoms with Gasteiger partial charge in [-0.3, -0.25) is 4.90 Å². The summed E-state index contributed by atoms with van der Waals surface area (Å²) < 4.78 is 11.5. The second-order valence-corrected chi connectivity index (χ2v) is 6.93. The molecule has 0 amide bonds. The smallest absolute Gasteiger partial charge is 0.233 e. The summed E-state index contributed by atoms with van der Waals surface area (Å²) >= 11 is 0. The third-order valence-corrected chi connectivity index (χ3v) is 5.05. The molecule has 2 aliphatic rings. The van der Waals surface area contributed by atoms with Crippen molar-refractivity contribution in [2.45, 2.75) is 38.7 Å². The molecule has 136 valence electrons. The monoisotopic (exact) mass is 343 g/mol. The van der Waals surface area contributed by atoms with Crippen molar-refractivity contribution >= 4 is 0 Å². The van der Waals surface area contributed by atoms with Crippen molar-refractivity contribution < 1.29 is 9.47 Å². The van der Waals surface area contributed by atoms with Crippen molar-refractivity contribution in [3.05, 3.63) is 36.9 Å². The summed E-state index contributed by atoms with van der Waals surface area (Å²) in [5.41, 5.74) is 0. The van der Waals surface area contributed by atoms with Crippen molar-refractivity contribution in [1.82, 2.24) is 15.1 Å². The molecule has 5 nitrogen and oxygen atoms in total. The molecule has 3 atom stereocenters. The van der Waals surface area contributed by atoms with Gasteiger partial charge in [0.05, 0.1) is 6.61 Å². The number of allylic oxidation sites excluding steroid dienone is 3. The van der Waals surface area contributed by atoms with E-state index < -0.39 is 0 Å². The minimum absolute atomic E-state index is 0.110. The Morgan fingerprint density at radius 2 is 1.88 bits per heavy atom. The number of hydrogen-bond acceptors (Lipinski definition) is 5. The molecule has 1 aliphatic carbocycles. The maximum atomic E-state index is 6.13. The lowest BCUT2D eigenvalue weighted by molar-refractivity contribution is 0.130. The molecule has 1 saturated heterocycles. The fourth-order valence-corrected chi connectivity index (χ4v) is 3.81. The van der Waals surface area contributed by atoms with Crippen LogP contribution in [0.1, 0.15) is 32.6 Å². The number of nitrogens with zero attached hydrogens (tertiary/aromatic N) is 3. The summed E-state index contributed by atoms with van der Waals surface area (Å²) in [5, 5.41) is 8.19. The zero-order valence-corrected chi connectivity index (χ0v) is 15.1. The number of fused-ring (bicyclic) bond motifs is 1. The molecule has 0 unspecified atom stereocenters. The molecule has 1 aliphatic heterocycles. The molecule has 0 aromatic carbocycles. The van der Waals surface area contributed by atoms with Crippen LogP contribution in [-0.4, -0.2) is 47.4 Å². The Bertz CT molecular complexity index is 557. The van der Waals surface area contributed by atoms with E-state index >= 15 is 0 Å². The Hall–Kier alpha value is -1.88. The SMILES string of the molecule is C=CCC[C@@H](CN1C[C@H]2CC=CC[C@H]2C1)Oc1ccc(OCC)nn1. The van der Waals surface area contributed by atoms with Gasteiger partial charge in [0.15, 0.2) is 0 Å². The highest BCUT2D eigenvalue weighted by molar-refractivity contribution is 5.15. The second kappa shape index (κ2) is 8.99. The van der Waals surface area contributed by atoms with Gasteiger partial charge in [0.25, 0.3) is 0 Å². The van der Waals surface area contributed by atoms with Crippen LogP contribution in [0.4, 0.5) is 0 Å². The van der Waals surface area contributed by atoms with E-state index in [-0.39, 0.29) is 6.10 Å². The highest BCUT2D eigenvalue weighted by Gasteiger charge is 2.33. The highest BCUT2D eigenvalue weighted by Crippen LogP contribution is 2.33. The standard InChI is InChI=1S/C20H29N3O2/c1-3-5-10-18(25-20-12-11-19(21-22-20)24-4-2)15-23-13-16-8-6-7-9-17(16)14-23/h3,6-7,11-12,16-18H,1,4-5,8-10,13-15H2,2H3/t16-,17+,18-/m0/s1. The average Bonchev–Trinajstić information content (AvgIpc) is 3.04. The maximum Gasteiger partial charge on any atom is 0.233 e. The van der Waals surface area contributed by atoms with Gasteiger partial charge in [-0.1, -0.05) is 18.2 Å². The molecule has 0 radical (unpaired) electrons. The van der Waals surface area contributed by atoms with Crippen LogP contribution < -0.4 is 9.47 Å². The Morgan fingerprint density at radius 1 is 1.20 bits per heavy atom. The lowest BCUT2D eigenvalue weighted by Gasteiger charge is -2.24. The first-order chi connectivity index (χ1) is 12.3. The van der Waals surface area contributed by atoms with Crippen LogP contribution in [0.5, 0.6) is 11.8 Å². The Morgan fingerprint density at radius 3 is 2.48 bits per heavy atom. The summed E-state index contributed by atoms with van der Waals surface area (Å²) in [5.74, 6) is 2.73. The third-order valence-electron chi connectivity index (χ3n) is 5.05. The van der Waals surface area contributed by atoms with E-state index in [0.717, 1.165) is 31.2 Å². The summed E-state index contributed by atoms with van der Waals surface area (Å²) in [7, 11) is 0. The van der Waals surface area contributed by atoms with Gasteiger partial charge < -0.3 is 9.47 Å². The Kier molecular flexibility index (Phi) is 6.45. The summed E-state index contributed by atoms with van der Waals surface area (Å²) in [6.07, 6.45) is 11.1. The van der Waals surface area contributed by atoms with E-state index in [1.54, 1.807) is 0 Å². The Balaban J connectivity index is 1.56. The van der Waals surface area contributed by atoms with Crippen LogP contribution in [0.15, 0.2) is 36.9 Å². The summed E-state index contributed by atoms with van der Waals surface area (Å²) in [6.45, 7) is 9.66. The lowest BCUT2D eigenvalue weighted by Crippen LogP contribution is -2.34. The summed E-state index contributed by atoms with van der Waals surface area (Å²) in [6, 6.07) is 3.65. The van der Waals surface area contributed by atoms with E-state index in [2.05, 4.69) is 33.8 Å². The first-order valence-corrected chi connectivity index (χ1v) is 9.40. The minimum Gasteiger partial charge on any atom is -0.477 e. The predicted octanol–water partition coefficient (Wildman–Crippen LogP) is 3.49. The van der Waals surface area contributed by atoms with Gasteiger partial charge in [-0.15, -0.1) is 16.8 Å². The Labute approximate surface area is 150 Å². The molecule has 0 saturated carbocycles. The van der Waals surface area contributed by atoms with E-state index in [4.69, 9.17) is 9.47 Å². The van der Waals surface area contributed by atoms with E-state index in [1.807, 2.05) is 25.1 Å². The third kappa shape index (κ3) is 5.05. The predicted molar refractivity (Wildman–Crippen MR) is 98.8 cm³/mol. The molecule has 1 aromatic rings. The van der Waals surface area contributed by atoms with Gasteiger partial charge in [0.1, 0.15) is 6.10 Å². The van der Waals surface area contributed by atoms with Crippen molar-refractivity contribution in [1.29, 1.82) is 0 Å². The molecule has 0 bridgehead atoms. The first kappa shape index (κ1) is 17.9. The van der Waals surface area contributed by atoms with Crippen molar-refractivity contribution in [3.63, 3.8) is 0 Å². The summed E-state index contributed by atoms with van der Waals surface area (Å²) in [4.78, 5) is 2.55.